The molecule has 3 heteroatoms. The van der Waals surface area contributed by atoms with Gasteiger partial charge in [0.15, 0.2) is 0 Å². The van der Waals surface area contributed by atoms with E-state index in [1.165, 1.54) is 11.1 Å². The topological polar surface area (TPSA) is 44.5 Å². The molecular weight excluding hydrogens is 310 g/mol. The molecule has 0 aliphatic carbocycles. The highest BCUT2D eigenvalue weighted by Gasteiger charge is 2.12. The lowest BCUT2D eigenvalue weighted by Gasteiger charge is -2.18. The first-order valence-electron chi connectivity index (χ1n) is 9.33. The third kappa shape index (κ3) is 5.79. The van der Waals surface area contributed by atoms with E-state index in [9.17, 15) is 0 Å². The maximum atomic E-state index is 6.05. The molecule has 2 N–H and O–H groups in total. The van der Waals surface area contributed by atoms with Crippen molar-refractivity contribution in [2.75, 3.05) is 19.8 Å². The summed E-state index contributed by atoms with van der Waals surface area (Å²) in [7, 11) is 0. The fourth-order valence-electron chi connectivity index (χ4n) is 2.92. The van der Waals surface area contributed by atoms with E-state index in [-0.39, 0.29) is 0 Å². The predicted octanol–water partition coefficient (Wildman–Crippen LogP) is 4.86. The highest BCUT2D eigenvalue weighted by atomic mass is 16.5. The van der Waals surface area contributed by atoms with E-state index in [2.05, 4.69) is 56.3 Å². The minimum atomic E-state index is 0.307. The number of rotatable bonds is 10. The van der Waals surface area contributed by atoms with E-state index < -0.39 is 0 Å². The fraction of sp³-hybridized carbons (Fsp3) is 0.455. The van der Waals surface area contributed by atoms with E-state index in [0.717, 1.165) is 42.9 Å². The van der Waals surface area contributed by atoms with Crippen molar-refractivity contribution in [3.8, 4) is 11.5 Å². The molecule has 0 saturated heterocycles. The number of hydrogen-bond donors (Lipinski definition) is 1. The average molecular weight is 341 g/mol. The Hall–Kier alpha value is -2.00. The highest BCUT2D eigenvalue weighted by molar-refractivity contribution is 5.38. The van der Waals surface area contributed by atoms with Crippen LogP contribution in [-0.2, 0) is 6.42 Å². The molecule has 0 aliphatic heterocycles. The van der Waals surface area contributed by atoms with E-state index in [0.29, 0.717) is 19.1 Å². The van der Waals surface area contributed by atoms with Crippen molar-refractivity contribution in [3.63, 3.8) is 0 Å². The lowest BCUT2D eigenvalue weighted by atomic mass is 9.91. The number of ether oxygens (including phenoxy) is 2. The molecule has 0 amide bonds. The van der Waals surface area contributed by atoms with Crippen LogP contribution < -0.4 is 15.2 Å². The Morgan fingerprint density at radius 2 is 1.76 bits per heavy atom. The van der Waals surface area contributed by atoms with Gasteiger partial charge >= 0.3 is 0 Å². The van der Waals surface area contributed by atoms with Gasteiger partial charge in [0.2, 0.25) is 0 Å². The number of benzene rings is 2. The SMILES string of the molecule is CCCCOc1ccc(CC(CN)c2ccc(OCC)c(C)c2)cc1. The zero-order valence-electron chi connectivity index (χ0n) is 15.8. The first kappa shape index (κ1) is 19.3. The fourth-order valence-corrected chi connectivity index (χ4v) is 2.92. The van der Waals surface area contributed by atoms with Crippen LogP contribution in [0.5, 0.6) is 11.5 Å². The standard InChI is InChI=1S/C22H31NO2/c1-4-6-13-25-21-10-7-18(8-11-21)15-20(16-23)19-9-12-22(24-5-2)17(3)14-19/h7-12,14,20H,4-6,13,15-16,23H2,1-3H3. The largest absolute Gasteiger partial charge is 0.494 e. The number of aryl methyl sites for hydroxylation is 1. The molecule has 2 aromatic carbocycles. The second-order valence-electron chi connectivity index (χ2n) is 6.44. The molecule has 1 atom stereocenters. The van der Waals surface area contributed by atoms with E-state index >= 15 is 0 Å². The van der Waals surface area contributed by atoms with Crippen LogP contribution in [-0.4, -0.2) is 19.8 Å². The Bertz CT molecular complexity index is 637. The Kier molecular flexibility index (Phi) is 7.80. The van der Waals surface area contributed by atoms with Crippen LogP contribution in [0.15, 0.2) is 42.5 Å². The molecule has 0 radical (unpaired) electrons. The predicted molar refractivity (Wildman–Crippen MR) is 105 cm³/mol. The molecule has 0 fully saturated rings. The molecule has 0 aliphatic rings. The van der Waals surface area contributed by atoms with E-state index in [1.54, 1.807) is 0 Å². The monoisotopic (exact) mass is 341 g/mol. The molecule has 0 saturated carbocycles. The van der Waals surface area contributed by atoms with Gasteiger partial charge in [0, 0.05) is 5.92 Å². The summed E-state index contributed by atoms with van der Waals surface area (Å²) in [6.45, 7) is 8.36. The smallest absolute Gasteiger partial charge is 0.122 e. The molecule has 3 nitrogen and oxygen atoms in total. The van der Waals surface area contributed by atoms with Crippen molar-refractivity contribution in [1.29, 1.82) is 0 Å². The molecule has 1 unspecified atom stereocenters. The lowest BCUT2D eigenvalue weighted by molar-refractivity contribution is 0.309. The average Bonchev–Trinajstić information content (AvgIpc) is 2.63. The zero-order valence-corrected chi connectivity index (χ0v) is 15.8. The summed E-state index contributed by atoms with van der Waals surface area (Å²) in [5, 5.41) is 0. The maximum absolute atomic E-state index is 6.05. The van der Waals surface area contributed by atoms with Gasteiger partial charge in [-0.15, -0.1) is 0 Å². The van der Waals surface area contributed by atoms with Crippen molar-refractivity contribution >= 4 is 0 Å². The Labute approximate surface area is 152 Å². The minimum absolute atomic E-state index is 0.307. The van der Waals surface area contributed by atoms with Crippen molar-refractivity contribution in [2.45, 2.75) is 46.0 Å². The molecule has 0 bridgehead atoms. The third-order valence-electron chi connectivity index (χ3n) is 4.43. The molecule has 0 heterocycles. The summed E-state index contributed by atoms with van der Waals surface area (Å²) >= 11 is 0. The molecule has 2 rings (SSSR count). The summed E-state index contributed by atoms with van der Waals surface area (Å²) in [4.78, 5) is 0. The first-order chi connectivity index (χ1) is 12.2. The van der Waals surface area contributed by atoms with Crippen molar-refractivity contribution in [3.05, 3.63) is 59.2 Å². The molecule has 136 valence electrons. The van der Waals surface area contributed by atoms with Gasteiger partial charge in [-0.2, -0.15) is 0 Å². The lowest BCUT2D eigenvalue weighted by Crippen LogP contribution is -2.15. The van der Waals surface area contributed by atoms with Crippen LogP contribution in [0.1, 0.15) is 49.3 Å². The van der Waals surface area contributed by atoms with Crippen LogP contribution >= 0.6 is 0 Å². The Morgan fingerprint density at radius 3 is 2.36 bits per heavy atom. The molecular formula is C22H31NO2. The van der Waals surface area contributed by atoms with Crippen molar-refractivity contribution in [1.82, 2.24) is 0 Å². The molecule has 0 aromatic heterocycles. The Morgan fingerprint density at radius 1 is 1.00 bits per heavy atom. The van der Waals surface area contributed by atoms with E-state index in [1.807, 2.05) is 6.92 Å². The van der Waals surface area contributed by atoms with Gasteiger partial charge in [0.05, 0.1) is 13.2 Å². The maximum Gasteiger partial charge on any atom is 0.122 e. The molecule has 2 aromatic rings. The van der Waals surface area contributed by atoms with Gasteiger partial charge in [-0.05, 0) is 68.1 Å². The summed E-state index contributed by atoms with van der Waals surface area (Å²) in [6.07, 6.45) is 3.17. The first-order valence-corrected chi connectivity index (χ1v) is 9.33. The van der Waals surface area contributed by atoms with Gasteiger partial charge in [0.25, 0.3) is 0 Å². The second kappa shape index (κ2) is 10.1. The minimum Gasteiger partial charge on any atom is -0.494 e. The van der Waals surface area contributed by atoms with Crippen LogP contribution in [0.25, 0.3) is 0 Å². The second-order valence-corrected chi connectivity index (χ2v) is 6.44. The number of nitrogens with two attached hydrogens (primary N) is 1. The zero-order chi connectivity index (χ0) is 18.1. The van der Waals surface area contributed by atoms with Gasteiger partial charge < -0.3 is 15.2 Å². The summed E-state index contributed by atoms with van der Waals surface area (Å²) in [5.41, 5.74) is 9.77. The van der Waals surface area contributed by atoms with Gasteiger partial charge in [-0.25, -0.2) is 0 Å². The van der Waals surface area contributed by atoms with Crippen LogP contribution in [0.4, 0.5) is 0 Å². The summed E-state index contributed by atoms with van der Waals surface area (Å²) in [5.74, 6) is 2.20. The number of hydrogen-bond acceptors (Lipinski definition) is 3. The van der Waals surface area contributed by atoms with Crippen LogP contribution in [0, 0.1) is 6.92 Å². The molecule has 0 spiro atoms. The number of unbranched alkanes of at least 4 members (excludes halogenated alkanes) is 1. The van der Waals surface area contributed by atoms with Crippen LogP contribution in [0.2, 0.25) is 0 Å². The van der Waals surface area contributed by atoms with Gasteiger partial charge in [-0.1, -0.05) is 37.6 Å². The van der Waals surface area contributed by atoms with Gasteiger partial charge in [0.1, 0.15) is 11.5 Å². The van der Waals surface area contributed by atoms with Crippen molar-refractivity contribution < 1.29 is 9.47 Å². The summed E-state index contributed by atoms with van der Waals surface area (Å²) < 4.78 is 11.4. The molecule has 25 heavy (non-hydrogen) atoms. The van der Waals surface area contributed by atoms with Crippen LogP contribution in [0.3, 0.4) is 0 Å². The Balaban J connectivity index is 2.02. The van der Waals surface area contributed by atoms with Crippen molar-refractivity contribution in [2.24, 2.45) is 5.73 Å². The third-order valence-corrected chi connectivity index (χ3v) is 4.43. The quantitative estimate of drug-likeness (QED) is 0.628. The van der Waals surface area contributed by atoms with E-state index in [4.69, 9.17) is 15.2 Å². The summed E-state index contributed by atoms with van der Waals surface area (Å²) in [6, 6.07) is 14.8. The highest BCUT2D eigenvalue weighted by Crippen LogP contribution is 2.26. The van der Waals surface area contributed by atoms with Gasteiger partial charge in [-0.3, -0.25) is 0 Å². The normalized spacial score (nSPS) is 12.0.